The van der Waals surface area contributed by atoms with Crippen LogP contribution in [0.3, 0.4) is 0 Å². The summed E-state index contributed by atoms with van der Waals surface area (Å²) in [5.41, 5.74) is 1.00. The van der Waals surface area contributed by atoms with Gasteiger partial charge in [-0.25, -0.2) is 0 Å². The number of rotatable bonds is 4. The minimum absolute atomic E-state index is 0.0864. The van der Waals surface area contributed by atoms with Crippen LogP contribution in [0.2, 0.25) is 0 Å². The predicted molar refractivity (Wildman–Crippen MR) is 79.1 cm³/mol. The normalized spacial score (nSPS) is 22.8. The summed E-state index contributed by atoms with van der Waals surface area (Å²) >= 11 is 1.69. The van der Waals surface area contributed by atoms with Crippen molar-refractivity contribution in [2.75, 3.05) is 6.61 Å². The van der Waals surface area contributed by atoms with Gasteiger partial charge in [0.1, 0.15) is 6.61 Å². The molecule has 0 saturated heterocycles. The number of aliphatic hydroxyl groups excluding tert-OH is 1. The van der Waals surface area contributed by atoms with Crippen molar-refractivity contribution in [2.45, 2.75) is 51.7 Å². The Hall–Kier alpha value is -0.820. The van der Waals surface area contributed by atoms with Crippen molar-refractivity contribution in [3.63, 3.8) is 0 Å². The lowest BCUT2D eigenvalue weighted by molar-refractivity contribution is 0.00291. The fourth-order valence-electron chi connectivity index (χ4n) is 2.66. The number of hydrogen-bond donors (Lipinski definition) is 1. The summed E-state index contributed by atoms with van der Waals surface area (Å²) < 4.78 is 6.06. The molecule has 0 spiro atoms. The van der Waals surface area contributed by atoms with Gasteiger partial charge in [-0.3, -0.25) is 0 Å². The zero-order chi connectivity index (χ0) is 13.5. The van der Waals surface area contributed by atoms with Gasteiger partial charge in [-0.1, -0.05) is 38.0 Å². The Bertz CT molecular complexity index is 441. The zero-order valence-electron chi connectivity index (χ0n) is 11.5. The van der Waals surface area contributed by atoms with Crippen LogP contribution in [0, 0.1) is 17.8 Å². The van der Waals surface area contributed by atoms with Crippen LogP contribution in [0.4, 0.5) is 0 Å². The second kappa shape index (κ2) is 7.69. The largest absolute Gasteiger partial charge is 0.384 e. The van der Waals surface area contributed by atoms with E-state index < -0.39 is 0 Å². The molecule has 0 radical (unpaired) electrons. The molecule has 0 amide bonds. The van der Waals surface area contributed by atoms with Gasteiger partial charge in [0.2, 0.25) is 0 Å². The van der Waals surface area contributed by atoms with Gasteiger partial charge in [0.05, 0.1) is 12.7 Å². The SMILES string of the molecule is CCC1CCCC(OCc2sccc2C#CCO)C1. The number of hydrogen-bond acceptors (Lipinski definition) is 3. The third-order valence-corrected chi connectivity index (χ3v) is 4.70. The summed E-state index contributed by atoms with van der Waals surface area (Å²) in [6, 6.07) is 2.00. The Kier molecular flexibility index (Phi) is 5.91. The Balaban J connectivity index is 1.86. The van der Waals surface area contributed by atoms with Crippen LogP contribution >= 0.6 is 11.3 Å². The van der Waals surface area contributed by atoms with Crippen molar-refractivity contribution in [2.24, 2.45) is 5.92 Å². The van der Waals surface area contributed by atoms with Crippen molar-refractivity contribution < 1.29 is 9.84 Å². The third-order valence-electron chi connectivity index (χ3n) is 3.81. The lowest BCUT2D eigenvalue weighted by atomic mass is 9.85. The molecular weight excluding hydrogens is 256 g/mol. The van der Waals surface area contributed by atoms with E-state index in [1.54, 1.807) is 11.3 Å². The number of ether oxygens (including phenoxy) is 1. The molecule has 0 bridgehead atoms. The summed E-state index contributed by atoms with van der Waals surface area (Å²) in [6.07, 6.45) is 6.75. The lowest BCUT2D eigenvalue weighted by Gasteiger charge is -2.28. The average molecular weight is 278 g/mol. The van der Waals surface area contributed by atoms with E-state index in [1.165, 1.54) is 37.0 Å². The maximum Gasteiger partial charge on any atom is 0.104 e. The molecule has 3 heteroatoms. The summed E-state index contributed by atoms with van der Waals surface area (Å²) in [5, 5.41) is 10.8. The topological polar surface area (TPSA) is 29.5 Å². The molecule has 1 aromatic heterocycles. The smallest absolute Gasteiger partial charge is 0.104 e. The molecule has 1 saturated carbocycles. The van der Waals surface area contributed by atoms with Gasteiger partial charge in [-0.05, 0) is 30.2 Å². The van der Waals surface area contributed by atoms with Gasteiger partial charge in [-0.2, -0.15) is 0 Å². The number of thiophene rings is 1. The molecule has 2 unspecified atom stereocenters. The molecular formula is C16H22O2S. The lowest BCUT2D eigenvalue weighted by Crippen LogP contribution is -2.22. The highest BCUT2D eigenvalue weighted by atomic mass is 32.1. The van der Waals surface area contributed by atoms with Crippen molar-refractivity contribution in [1.29, 1.82) is 0 Å². The zero-order valence-corrected chi connectivity index (χ0v) is 12.3. The van der Waals surface area contributed by atoms with Gasteiger partial charge in [-0.15, -0.1) is 11.3 Å². The van der Waals surface area contributed by atoms with Gasteiger partial charge in [0, 0.05) is 10.4 Å². The van der Waals surface area contributed by atoms with Gasteiger partial charge in [0.15, 0.2) is 0 Å². The first-order chi connectivity index (χ1) is 9.33. The van der Waals surface area contributed by atoms with Crippen molar-refractivity contribution in [3.8, 4) is 11.8 Å². The summed E-state index contributed by atoms with van der Waals surface area (Å²) in [7, 11) is 0. The van der Waals surface area contributed by atoms with Crippen LogP contribution in [-0.2, 0) is 11.3 Å². The molecule has 0 aromatic carbocycles. The molecule has 19 heavy (non-hydrogen) atoms. The molecule has 2 nitrogen and oxygen atoms in total. The number of aliphatic hydroxyl groups is 1. The molecule has 1 aliphatic rings. The summed E-state index contributed by atoms with van der Waals surface area (Å²) in [4.78, 5) is 1.18. The van der Waals surface area contributed by atoms with E-state index in [-0.39, 0.29) is 6.61 Å². The second-order valence-electron chi connectivity index (χ2n) is 5.09. The predicted octanol–water partition coefficient (Wildman–Crippen LogP) is 3.58. The molecule has 1 aromatic rings. The molecule has 2 rings (SSSR count). The average Bonchev–Trinajstić information content (AvgIpc) is 2.90. The minimum Gasteiger partial charge on any atom is -0.384 e. The fraction of sp³-hybridized carbons (Fsp3) is 0.625. The quantitative estimate of drug-likeness (QED) is 0.853. The Morgan fingerprint density at radius 2 is 2.37 bits per heavy atom. The van der Waals surface area contributed by atoms with E-state index in [4.69, 9.17) is 9.84 Å². The van der Waals surface area contributed by atoms with Crippen LogP contribution in [0.1, 0.15) is 49.5 Å². The van der Waals surface area contributed by atoms with E-state index in [9.17, 15) is 0 Å². The molecule has 1 fully saturated rings. The Morgan fingerprint density at radius 3 is 3.16 bits per heavy atom. The highest BCUT2D eigenvalue weighted by Crippen LogP contribution is 2.29. The maximum absolute atomic E-state index is 8.74. The minimum atomic E-state index is -0.0864. The summed E-state index contributed by atoms with van der Waals surface area (Å²) in [5.74, 6) is 6.53. The standard InChI is InChI=1S/C16H22O2S/c1-2-13-5-3-7-15(11-13)18-12-16-14(6-4-9-17)8-10-19-16/h8,10,13,15,17H,2-3,5,7,9,11-12H2,1H3. The molecule has 1 heterocycles. The fourth-order valence-corrected chi connectivity index (χ4v) is 3.41. The first-order valence-electron chi connectivity index (χ1n) is 7.11. The van der Waals surface area contributed by atoms with E-state index in [1.807, 2.05) is 11.4 Å². The van der Waals surface area contributed by atoms with E-state index in [0.29, 0.717) is 12.7 Å². The Labute approximate surface area is 119 Å². The van der Waals surface area contributed by atoms with Crippen molar-refractivity contribution >= 4 is 11.3 Å². The maximum atomic E-state index is 8.74. The Morgan fingerprint density at radius 1 is 1.47 bits per heavy atom. The third kappa shape index (κ3) is 4.35. The van der Waals surface area contributed by atoms with E-state index >= 15 is 0 Å². The highest BCUT2D eigenvalue weighted by molar-refractivity contribution is 7.10. The van der Waals surface area contributed by atoms with Gasteiger partial charge >= 0.3 is 0 Å². The van der Waals surface area contributed by atoms with Gasteiger partial charge < -0.3 is 9.84 Å². The molecule has 1 N–H and O–H groups in total. The second-order valence-corrected chi connectivity index (χ2v) is 6.09. The molecule has 104 valence electrons. The van der Waals surface area contributed by atoms with E-state index in [2.05, 4.69) is 18.8 Å². The van der Waals surface area contributed by atoms with Gasteiger partial charge in [0.25, 0.3) is 0 Å². The highest BCUT2D eigenvalue weighted by Gasteiger charge is 2.21. The van der Waals surface area contributed by atoms with E-state index in [0.717, 1.165) is 11.5 Å². The van der Waals surface area contributed by atoms with Crippen LogP contribution in [0.25, 0.3) is 0 Å². The first kappa shape index (κ1) is 14.6. The monoisotopic (exact) mass is 278 g/mol. The van der Waals surface area contributed by atoms with Crippen LogP contribution in [0.15, 0.2) is 11.4 Å². The molecule has 0 aliphatic heterocycles. The molecule has 1 aliphatic carbocycles. The van der Waals surface area contributed by atoms with Crippen molar-refractivity contribution in [1.82, 2.24) is 0 Å². The van der Waals surface area contributed by atoms with Crippen LogP contribution < -0.4 is 0 Å². The molecule has 2 atom stereocenters. The van der Waals surface area contributed by atoms with Crippen LogP contribution in [0.5, 0.6) is 0 Å². The summed E-state index contributed by atoms with van der Waals surface area (Å²) in [6.45, 7) is 2.85. The first-order valence-corrected chi connectivity index (χ1v) is 7.99. The van der Waals surface area contributed by atoms with Crippen molar-refractivity contribution in [3.05, 3.63) is 21.9 Å². The van der Waals surface area contributed by atoms with Crippen LogP contribution in [-0.4, -0.2) is 17.8 Å².